The van der Waals surface area contributed by atoms with Crippen LogP contribution in [0.25, 0.3) is 0 Å². The summed E-state index contributed by atoms with van der Waals surface area (Å²) in [5.41, 5.74) is 1.01. The summed E-state index contributed by atoms with van der Waals surface area (Å²) >= 11 is 0. The maximum absolute atomic E-state index is 11.6. The molecule has 1 aromatic carbocycles. The quantitative estimate of drug-likeness (QED) is 0.594. The first kappa shape index (κ1) is 10.7. The monoisotopic (exact) mass is 219 g/mol. The third-order valence-electron chi connectivity index (χ3n) is 2.58. The summed E-state index contributed by atoms with van der Waals surface area (Å²) in [5, 5.41) is 2.64. The number of ether oxygens (including phenoxy) is 1. The summed E-state index contributed by atoms with van der Waals surface area (Å²) in [7, 11) is 0. The topological polar surface area (TPSA) is 55.4 Å². The summed E-state index contributed by atoms with van der Waals surface area (Å²) < 4.78 is 5.19. The molecule has 1 amide bonds. The lowest BCUT2D eigenvalue weighted by Crippen LogP contribution is -2.37. The van der Waals surface area contributed by atoms with Crippen molar-refractivity contribution in [2.24, 2.45) is 5.92 Å². The van der Waals surface area contributed by atoms with Crippen LogP contribution < -0.4 is 10.1 Å². The first-order chi connectivity index (χ1) is 7.66. The van der Waals surface area contributed by atoms with Gasteiger partial charge >= 0.3 is 5.97 Å². The molecule has 1 atom stereocenters. The van der Waals surface area contributed by atoms with Crippen LogP contribution in [0.1, 0.15) is 12.5 Å². The summed E-state index contributed by atoms with van der Waals surface area (Å²) in [6.45, 7) is 1.77. The molecular formula is C12H13NO3. The highest BCUT2D eigenvalue weighted by molar-refractivity contribution is 5.79. The number of amides is 1. The Morgan fingerprint density at radius 1 is 1.50 bits per heavy atom. The van der Waals surface area contributed by atoms with Gasteiger partial charge in [0.25, 0.3) is 0 Å². The molecule has 0 spiro atoms. The second kappa shape index (κ2) is 4.35. The van der Waals surface area contributed by atoms with E-state index in [2.05, 4.69) is 5.32 Å². The summed E-state index contributed by atoms with van der Waals surface area (Å²) in [5.74, 6) is -0.0514. The number of nitrogens with one attached hydrogen (secondary N) is 1. The van der Waals surface area contributed by atoms with Crippen molar-refractivity contribution in [3.8, 4) is 5.75 Å². The van der Waals surface area contributed by atoms with Crippen molar-refractivity contribution in [1.29, 1.82) is 0 Å². The third-order valence-corrected chi connectivity index (χ3v) is 2.58. The minimum absolute atomic E-state index is 0.133. The molecule has 1 heterocycles. The van der Waals surface area contributed by atoms with Crippen molar-refractivity contribution in [3.05, 3.63) is 29.8 Å². The molecule has 4 heteroatoms. The van der Waals surface area contributed by atoms with Gasteiger partial charge in [-0.1, -0.05) is 18.2 Å². The Bertz CT molecular complexity index is 428. The highest BCUT2D eigenvalue weighted by Crippen LogP contribution is 2.27. The predicted octanol–water partition coefficient (Wildman–Crippen LogP) is 0.900. The highest BCUT2D eigenvalue weighted by Gasteiger charge is 2.27. The fourth-order valence-corrected chi connectivity index (χ4v) is 1.73. The van der Waals surface area contributed by atoms with Crippen LogP contribution in [-0.2, 0) is 16.0 Å². The first-order valence-corrected chi connectivity index (χ1v) is 5.21. The summed E-state index contributed by atoms with van der Waals surface area (Å²) in [4.78, 5) is 22.4. The number of benzene rings is 1. The van der Waals surface area contributed by atoms with Gasteiger partial charge in [-0.05, 0) is 18.1 Å². The van der Waals surface area contributed by atoms with Gasteiger partial charge in [-0.3, -0.25) is 9.59 Å². The lowest BCUT2D eigenvalue weighted by molar-refractivity contribution is -0.140. The second-order valence-electron chi connectivity index (χ2n) is 3.87. The molecule has 0 aliphatic carbocycles. The molecule has 1 aliphatic rings. The third kappa shape index (κ3) is 2.21. The van der Waals surface area contributed by atoms with Crippen LogP contribution in [0.2, 0.25) is 0 Å². The van der Waals surface area contributed by atoms with Crippen LogP contribution in [0.4, 0.5) is 0 Å². The van der Waals surface area contributed by atoms with E-state index in [-0.39, 0.29) is 17.8 Å². The molecule has 1 unspecified atom stereocenters. The molecule has 16 heavy (non-hydrogen) atoms. The van der Waals surface area contributed by atoms with Gasteiger partial charge in [0, 0.05) is 13.5 Å². The normalized spacial score (nSPS) is 18.6. The van der Waals surface area contributed by atoms with E-state index < -0.39 is 0 Å². The molecule has 4 nitrogen and oxygen atoms in total. The van der Waals surface area contributed by atoms with E-state index in [4.69, 9.17) is 4.74 Å². The van der Waals surface area contributed by atoms with E-state index in [9.17, 15) is 9.59 Å². The van der Waals surface area contributed by atoms with Crippen molar-refractivity contribution in [2.45, 2.75) is 13.3 Å². The number of rotatable bonds is 2. The van der Waals surface area contributed by atoms with E-state index in [1.54, 1.807) is 6.07 Å². The van der Waals surface area contributed by atoms with Gasteiger partial charge in [-0.2, -0.15) is 0 Å². The van der Waals surface area contributed by atoms with Gasteiger partial charge in [0.15, 0.2) is 0 Å². The first-order valence-electron chi connectivity index (χ1n) is 5.21. The average molecular weight is 219 g/mol. The van der Waals surface area contributed by atoms with E-state index in [0.29, 0.717) is 18.7 Å². The summed E-state index contributed by atoms with van der Waals surface area (Å²) in [6.07, 6.45) is 0.620. The molecule has 1 aromatic rings. The van der Waals surface area contributed by atoms with Crippen LogP contribution in [0.5, 0.6) is 5.75 Å². The number of fused-ring (bicyclic) bond motifs is 1. The van der Waals surface area contributed by atoms with Gasteiger partial charge in [0.2, 0.25) is 5.91 Å². The second-order valence-corrected chi connectivity index (χ2v) is 3.87. The lowest BCUT2D eigenvalue weighted by atomic mass is 9.96. The Hall–Kier alpha value is -1.84. The zero-order chi connectivity index (χ0) is 11.5. The fourth-order valence-electron chi connectivity index (χ4n) is 1.73. The maximum atomic E-state index is 11.6. The van der Waals surface area contributed by atoms with Gasteiger partial charge < -0.3 is 10.1 Å². The zero-order valence-electron chi connectivity index (χ0n) is 9.03. The molecule has 0 fully saturated rings. The van der Waals surface area contributed by atoms with Gasteiger partial charge in [-0.25, -0.2) is 0 Å². The van der Waals surface area contributed by atoms with Crippen molar-refractivity contribution < 1.29 is 14.3 Å². The SMILES string of the molecule is CC(=O)NCC1Cc2ccccc2OC1=O. The van der Waals surface area contributed by atoms with Crippen molar-refractivity contribution in [3.63, 3.8) is 0 Å². The van der Waals surface area contributed by atoms with Crippen LogP contribution in [-0.4, -0.2) is 18.4 Å². The average Bonchev–Trinajstić information content (AvgIpc) is 2.26. The Balaban J connectivity index is 2.09. The molecule has 0 aromatic heterocycles. The fraction of sp³-hybridized carbons (Fsp3) is 0.333. The van der Waals surface area contributed by atoms with E-state index in [1.165, 1.54) is 6.92 Å². The molecular weight excluding hydrogens is 206 g/mol. The Kier molecular flexibility index (Phi) is 2.90. The van der Waals surface area contributed by atoms with Crippen LogP contribution in [0.15, 0.2) is 24.3 Å². The maximum Gasteiger partial charge on any atom is 0.316 e. The van der Waals surface area contributed by atoms with E-state index in [1.807, 2.05) is 18.2 Å². The van der Waals surface area contributed by atoms with Gasteiger partial charge in [-0.15, -0.1) is 0 Å². The van der Waals surface area contributed by atoms with Crippen LogP contribution >= 0.6 is 0 Å². The minimum atomic E-state index is -0.279. The summed E-state index contributed by atoms with van der Waals surface area (Å²) in [6, 6.07) is 7.46. The minimum Gasteiger partial charge on any atom is -0.426 e. The Morgan fingerprint density at radius 2 is 2.25 bits per heavy atom. The van der Waals surface area contributed by atoms with Crippen molar-refractivity contribution >= 4 is 11.9 Å². The van der Waals surface area contributed by atoms with Crippen molar-refractivity contribution in [2.75, 3.05) is 6.54 Å². The molecule has 0 saturated heterocycles. The molecule has 84 valence electrons. The predicted molar refractivity (Wildman–Crippen MR) is 58.0 cm³/mol. The van der Waals surface area contributed by atoms with Gasteiger partial charge in [0.1, 0.15) is 5.75 Å². The number of carbonyl (C=O) groups excluding carboxylic acids is 2. The molecule has 1 aliphatic heterocycles. The number of hydrogen-bond donors (Lipinski definition) is 1. The molecule has 0 bridgehead atoms. The number of esters is 1. The Morgan fingerprint density at radius 3 is 3.00 bits per heavy atom. The molecule has 0 radical (unpaired) electrons. The number of carbonyl (C=O) groups is 2. The smallest absolute Gasteiger partial charge is 0.316 e. The van der Waals surface area contributed by atoms with E-state index >= 15 is 0 Å². The number of para-hydroxylation sites is 1. The van der Waals surface area contributed by atoms with Crippen molar-refractivity contribution in [1.82, 2.24) is 5.32 Å². The zero-order valence-corrected chi connectivity index (χ0v) is 9.03. The largest absolute Gasteiger partial charge is 0.426 e. The number of hydrogen-bond acceptors (Lipinski definition) is 3. The molecule has 2 rings (SSSR count). The van der Waals surface area contributed by atoms with Crippen LogP contribution in [0.3, 0.4) is 0 Å². The van der Waals surface area contributed by atoms with Gasteiger partial charge in [0.05, 0.1) is 5.92 Å². The Labute approximate surface area is 93.6 Å². The lowest BCUT2D eigenvalue weighted by Gasteiger charge is -2.23. The van der Waals surface area contributed by atoms with Crippen LogP contribution in [0, 0.1) is 5.92 Å². The highest BCUT2D eigenvalue weighted by atomic mass is 16.5. The molecule has 0 saturated carbocycles. The standard InChI is InChI=1S/C12H13NO3/c1-8(14)13-7-10-6-9-4-2-3-5-11(9)16-12(10)15/h2-5,10H,6-7H2,1H3,(H,13,14). The van der Waals surface area contributed by atoms with E-state index in [0.717, 1.165) is 5.56 Å². The molecule has 1 N–H and O–H groups in total.